The van der Waals surface area contributed by atoms with Crippen LogP contribution in [0.2, 0.25) is 5.02 Å². The van der Waals surface area contributed by atoms with Gasteiger partial charge in [0.1, 0.15) is 0 Å². The van der Waals surface area contributed by atoms with Crippen molar-refractivity contribution in [2.24, 2.45) is 11.8 Å². The molecule has 3 rings (SSSR count). The highest BCUT2D eigenvalue weighted by Gasteiger charge is 2.30. The van der Waals surface area contributed by atoms with Gasteiger partial charge in [0, 0.05) is 30.6 Å². The summed E-state index contributed by atoms with van der Waals surface area (Å²) in [5.74, 6) is 0.342. The molecule has 2 aliphatic rings. The highest BCUT2D eigenvalue weighted by Crippen LogP contribution is 2.27. The summed E-state index contributed by atoms with van der Waals surface area (Å²) in [6.45, 7) is 8.27. The van der Waals surface area contributed by atoms with Gasteiger partial charge in [0.05, 0.1) is 12.6 Å². The molecule has 0 bridgehead atoms. The molecule has 0 aromatic heterocycles. The van der Waals surface area contributed by atoms with Crippen LogP contribution in [0.3, 0.4) is 0 Å². The maximum atomic E-state index is 12.8. The Hall–Kier alpha value is -1.79. The number of hydrogen-bond donors (Lipinski definition) is 1. The molecule has 2 saturated heterocycles. The number of likely N-dealkylation sites (tertiary alicyclic amines) is 2. The maximum Gasteiger partial charge on any atom is 0.409 e. The van der Waals surface area contributed by atoms with E-state index in [0.717, 1.165) is 23.7 Å². The van der Waals surface area contributed by atoms with Crippen molar-refractivity contribution in [1.29, 1.82) is 0 Å². The van der Waals surface area contributed by atoms with Gasteiger partial charge in [0.15, 0.2) is 0 Å². The van der Waals surface area contributed by atoms with Gasteiger partial charge in [-0.1, -0.05) is 37.6 Å². The predicted octanol–water partition coefficient (Wildman–Crippen LogP) is 4.10. The lowest BCUT2D eigenvalue weighted by Crippen LogP contribution is -2.45. The van der Waals surface area contributed by atoms with Crippen LogP contribution in [0.25, 0.3) is 0 Å². The molecule has 6 nitrogen and oxygen atoms in total. The normalized spacial score (nSPS) is 19.1. The van der Waals surface area contributed by atoms with Crippen LogP contribution in [-0.2, 0) is 9.53 Å². The van der Waals surface area contributed by atoms with Crippen molar-refractivity contribution in [2.75, 3.05) is 39.3 Å². The number of amides is 2. The molecule has 2 heterocycles. The third-order valence-corrected chi connectivity index (χ3v) is 6.18. The maximum absolute atomic E-state index is 12.8. The molecule has 30 heavy (non-hydrogen) atoms. The number of piperidine rings is 1. The first-order valence-electron chi connectivity index (χ1n) is 11.1. The van der Waals surface area contributed by atoms with Gasteiger partial charge < -0.3 is 15.0 Å². The lowest BCUT2D eigenvalue weighted by Gasteiger charge is -2.32. The SMILES string of the molecule is CC(C)COC(=O)N1CCC(C(=O)NCC(c2cccc(Cl)c2)N2CCCC2)CC1. The molecule has 1 unspecified atom stereocenters. The topological polar surface area (TPSA) is 61.9 Å². The number of ether oxygens (including phenoxy) is 1. The van der Waals surface area contributed by atoms with Gasteiger partial charge in [-0.3, -0.25) is 9.69 Å². The zero-order valence-corrected chi connectivity index (χ0v) is 18.9. The van der Waals surface area contributed by atoms with E-state index < -0.39 is 0 Å². The number of hydrogen-bond acceptors (Lipinski definition) is 4. The monoisotopic (exact) mass is 435 g/mol. The molecular weight excluding hydrogens is 402 g/mol. The molecule has 1 N–H and O–H groups in total. The summed E-state index contributed by atoms with van der Waals surface area (Å²) in [5.41, 5.74) is 1.15. The van der Waals surface area contributed by atoms with E-state index in [-0.39, 0.29) is 24.0 Å². The number of benzene rings is 1. The van der Waals surface area contributed by atoms with Crippen LogP contribution in [-0.4, -0.2) is 61.1 Å². The molecule has 0 radical (unpaired) electrons. The third-order valence-electron chi connectivity index (χ3n) is 5.95. The molecule has 0 saturated carbocycles. The number of carbonyl (C=O) groups excluding carboxylic acids is 2. The summed E-state index contributed by atoms with van der Waals surface area (Å²) < 4.78 is 5.30. The second-order valence-electron chi connectivity index (χ2n) is 8.79. The fourth-order valence-electron chi connectivity index (χ4n) is 4.22. The third kappa shape index (κ3) is 6.35. The Balaban J connectivity index is 1.50. The minimum atomic E-state index is -0.266. The van der Waals surface area contributed by atoms with Crippen LogP contribution in [0.1, 0.15) is 51.1 Å². The zero-order valence-electron chi connectivity index (χ0n) is 18.1. The molecule has 2 aliphatic heterocycles. The molecule has 0 aliphatic carbocycles. The first-order chi connectivity index (χ1) is 14.4. The van der Waals surface area contributed by atoms with Crippen LogP contribution in [0.15, 0.2) is 24.3 Å². The standard InChI is InChI=1S/C23H34ClN3O3/c1-17(2)16-30-23(29)27-12-8-18(9-13-27)22(28)25-15-21(26-10-3-4-11-26)19-6-5-7-20(24)14-19/h5-7,14,17-18,21H,3-4,8-13,15-16H2,1-2H3,(H,25,28). The molecule has 1 atom stereocenters. The summed E-state index contributed by atoms with van der Waals surface area (Å²) in [4.78, 5) is 29.1. The van der Waals surface area contributed by atoms with Crippen LogP contribution in [0, 0.1) is 11.8 Å². The summed E-state index contributed by atoms with van der Waals surface area (Å²) in [7, 11) is 0. The van der Waals surface area contributed by atoms with Crippen molar-refractivity contribution in [2.45, 2.75) is 45.6 Å². The Bertz CT molecular complexity index is 713. The van der Waals surface area contributed by atoms with E-state index in [2.05, 4.69) is 16.3 Å². The summed E-state index contributed by atoms with van der Waals surface area (Å²) in [6, 6.07) is 8.07. The van der Waals surface area contributed by atoms with Gasteiger partial charge in [-0.2, -0.15) is 0 Å². The van der Waals surface area contributed by atoms with Crippen LogP contribution in [0.4, 0.5) is 4.79 Å². The smallest absolute Gasteiger partial charge is 0.409 e. The molecule has 2 amide bonds. The Morgan fingerprint density at radius 1 is 1.17 bits per heavy atom. The summed E-state index contributed by atoms with van der Waals surface area (Å²) >= 11 is 6.21. The predicted molar refractivity (Wildman–Crippen MR) is 118 cm³/mol. The van der Waals surface area contributed by atoms with E-state index in [1.165, 1.54) is 12.8 Å². The number of nitrogens with zero attached hydrogens (tertiary/aromatic N) is 2. The van der Waals surface area contributed by atoms with Crippen LogP contribution in [0.5, 0.6) is 0 Å². The highest BCUT2D eigenvalue weighted by molar-refractivity contribution is 6.30. The average Bonchev–Trinajstić information content (AvgIpc) is 3.26. The van der Waals surface area contributed by atoms with Gasteiger partial charge in [0.2, 0.25) is 5.91 Å². The Morgan fingerprint density at radius 2 is 1.87 bits per heavy atom. The van der Waals surface area contributed by atoms with Crippen molar-refractivity contribution in [3.05, 3.63) is 34.9 Å². The summed E-state index contributed by atoms with van der Waals surface area (Å²) in [5, 5.41) is 3.90. The molecule has 0 spiro atoms. The van der Waals surface area contributed by atoms with Gasteiger partial charge in [-0.05, 0) is 62.4 Å². The molecular formula is C23H34ClN3O3. The first kappa shape index (κ1) is 22.9. The molecule has 1 aromatic carbocycles. The van der Waals surface area contributed by atoms with Crippen molar-refractivity contribution in [1.82, 2.24) is 15.1 Å². The van der Waals surface area contributed by atoms with E-state index in [9.17, 15) is 9.59 Å². The van der Waals surface area contributed by atoms with Crippen molar-refractivity contribution in [3.63, 3.8) is 0 Å². The number of nitrogens with one attached hydrogen (secondary N) is 1. The molecule has 7 heteroatoms. The van der Waals surface area contributed by atoms with Crippen LogP contribution >= 0.6 is 11.6 Å². The lowest BCUT2D eigenvalue weighted by atomic mass is 9.96. The zero-order chi connectivity index (χ0) is 21.5. The largest absolute Gasteiger partial charge is 0.449 e. The van der Waals surface area contributed by atoms with Gasteiger partial charge in [-0.15, -0.1) is 0 Å². The quantitative estimate of drug-likeness (QED) is 0.700. The van der Waals surface area contributed by atoms with Gasteiger partial charge in [-0.25, -0.2) is 4.79 Å². The fourth-order valence-corrected chi connectivity index (χ4v) is 4.42. The lowest BCUT2D eigenvalue weighted by molar-refractivity contribution is -0.126. The molecule has 166 valence electrons. The average molecular weight is 436 g/mol. The van der Waals surface area contributed by atoms with Gasteiger partial charge in [0.25, 0.3) is 0 Å². The van der Waals surface area contributed by atoms with E-state index in [4.69, 9.17) is 16.3 Å². The summed E-state index contributed by atoms with van der Waals surface area (Å²) in [6.07, 6.45) is 3.47. The minimum Gasteiger partial charge on any atom is -0.449 e. The van der Waals surface area contributed by atoms with Crippen LogP contribution < -0.4 is 5.32 Å². The van der Waals surface area contributed by atoms with Crippen molar-refractivity contribution >= 4 is 23.6 Å². The van der Waals surface area contributed by atoms with Crippen molar-refractivity contribution < 1.29 is 14.3 Å². The Labute approximate surface area is 184 Å². The highest BCUT2D eigenvalue weighted by atomic mass is 35.5. The molecule has 2 fully saturated rings. The van der Waals surface area contributed by atoms with E-state index in [1.54, 1.807) is 4.90 Å². The van der Waals surface area contributed by atoms with E-state index in [1.807, 2.05) is 32.0 Å². The minimum absolute atomic E-state index is 0.0576. The van der Waals surface area contributed by atoms with E-state index >= 15 is 0 Å². The number of halogens is 1. The Morgan fingerprint density at radius 3 is 2.50 bits per heavy atom. The van der Waals surface area contributed by atoms with E-state index in [0.29, 0.717) is 45.0 Å². The second kappa shape index (κ2) is 11.0. The van der Waals surface area contributed by atoms with Gasteiger partial charge >= 0.3 is 6.09 Å². The second-order valence-corrected chi connectivity index (χ2v) is 9.23. The Kier molecular flexibility index (Phi) is 8.40. The fraction of sp³-hybridized carbons (Fsp3) is 0.652. The first-order valence-corrected chi connectivity index (χ1v) is 11.5. The number of carbonyl (C=O) groups is 2. The molecule has 1 aromatic rings. The number of rotatable bonds is 7. The van der Waals surface area contributed by atoms with Crippen molar-refractivity contribution in [3.8, 4) is 0 Å².